The van der Waals surface area contributed by atoms with Crippen LogP contribution >= 0.6 is 0 Å². The average molecular weight is 297 g/mol. The van der Waals surface area contributed by atoms with Crippen molar-refractivity contribution in [2.75, 3.05) is 14.2 Å². The predicted molar refractivity (Wildman–Crippen MR) is 82.0 cm³/mol. The summed E-state index contributed by atoms with van der Waals surface area (Å²) in [7, 11) is 3.12. The molecule has 22 heavy (non-hydrogen) atoms. The summed E-state index contributed by atoms with van der Waals surface area (Å²) >= 11 is 0. The molecule has 2 aromatic carbocycles. The van der Waals surface area contributed by atoms with E-state index in [1.807, 2.05) is 24.3 Å². The van der Waals surface area contributed by atoms with Crippen molar-refractivity contribution in [3.05, 3.63) is 42.5 Å². The smallest absolute Gasteiger partial charge is 0.181 e. The summed E-state index contributed by atoms with van der Waals surface area (Å²) in [6, 6.07) is 12.5. The van der Waals surface area contributed by atoms with Crippen LogP contribution in [0.5, 0.6) is 17.2 Å². The van der Waals surface area contributed by atoms with E-state index in [1.165, 1.54) is 7.11 Å². The third-order valence-corrected chi connectivity index (χ3v) is 3.27. The molecule has 0 aliphatic heterocycles. The second kappa shape index (κ2) is 5.77. The van der Waals surface area contributed by atoms with Gasteiger partial charge in [0.05, 0.1) is 14.2 Å². The molecule has 6 nitrogen and oxygen atoms in total. The molecular weight excluding hydrogens is 282 g/mol. The molecule has 0 fully saturated rings. The Kier molecular flexibility index (Phi) is 3.65. The number of hydrogen-bond donors (Lipinski definition) is 2. The van der Waals surface area contributed by atoms with Gasteiger partial charge in [-0.1, -0.05) is 12.1 Å². The van der Waals surface area contributed by atoms with Gasteiger partial charge in [0.15, 0.2) is 23.1 Å². The topological polar surface area (TPSA) is 80.3 Å². The first-order chi connectivity index (χ1) is 10.7. The lowest BCUT2D eigenvalue weighted by Crippen LogP contribution is -1.87. The van der Waals surface area contributed by atoms with Crippen LogP contribution in [-0.2, 0) is 0 Å². The Balaban J connectivity index is 1.96. The lowest BCUT2D eigenvalue weighted by molar-refractivity contribution is 0.373. The van der Waals surface area contributed by atoms with Gasteiger partial charge in [0, 0.05) is 11.1 Å². The first-order valence-corrected chi connectivity index (χ1v) is 6.65. The summed E-state index contributed by atoms with van der Waals surface area (Å²) in [6.45, 7) is 0. The number of nitrogens with zero attached hydrogens (tertiary/aromatic N) is 2. The third-order valence-electron chi connectivity index (χ3n) is 3.27. The minimum Gasteiger partial charge on any atom is -0.504 e. The number of phenolic OH excluding ortho intramolecular Hbond substituents is 1. The summed E-state index contributed by atoms with van der Waals surface area (Å²) in [5, 5.41) is 16.7. The van der Waals surface area contributed by atoms with E-state index in [4.69, 9.17) is 9.47 Å². The highest BCUT2D eigenvalue weighted by atomic mass is 16.5. The zero-order valence-corrected chi connectivity index (χ0v) is 12.2. The zero-order valence-electron chi connectivity index (χ0n) is 12.2. The molecule has 3 rings (SSSR count). The Hall–Kier alpha value is -3.02. The third kappa shape index (κ3) is 2.58. The van der Waals surface area contributed by atoms with E-state index in [1.54, 1.807) is 25.3 Å². The highest BCUT2D eigenvalue weighted by Gasteiger charge is 2.11. The van der Waals surface area contributed by atoms with E-state index < -0.39 is 0 Å². The number of hydrogen-bond acceptors (Lipinski definition) is 5. The molecule has 0 saturated carbocycles. The van der Waals surface area contributed by atoms with Crippen molar-refractivity contribution in [1.29, 1.82) is 0 Å². The number of rotatable bonds is 4. The standard InChI is InChI=1S/C16H15N3O3/c1-21-12-5-3-4-10(8-12)15-17-16(19-18-15)11-6-7-13(20)14(9-11)22-2/h3-9,20H,1-2H3,(H,17,18,19). The molecule has 0 aliphatic rings. The molecule has 1 aromatic heterocycles. The van der Waals surface area contributed by atoms with Crippen LogP contribution in [0.15, 0.2) is 42.5 Å². The number of aromatic nitrogens is 3. The molecule has 0 spiro atoms. The maximum absolute atomic E-state index is 9.64. The van der Waals surface area contributed by atoms with E-state index in [0.717, 1.165) is 16.9 Å². The summed E-state index contributed by atoms with van der Waals surface area (Å²) in [6.07, 6.45) is 0. The van der Waals surface area contributed by atoms with Gasteiger partial charge in [0.2, 0.25) is 0 Å². The minimum absolute atomic E-state index is 0.0822. The van der Waals surface area contributed by atoms with Gasteiger partial charge in [-0.15, -0.1) is 0 Å². The van der Waals surface area contributed by atoms with Gasteiger partial charge in [-0.25, -0.2) is 4.98 Å². The van der Waals surface area contributed by atoms with Crippen molar-refractivity contribution < 1.29 is 14.6 Å². The predicted octanol–water partition coefficient (Wildman–Crippen LogP) is 2.86. The van der Waals surface area contributed by atoms with Gasteiger partial charge >= 0.3 is 0 Å². The van der Waals surface area contributed by atoms with Gasteiger partial charge in [0.25, 0.3) is 0 Å². The quantitative estimate of drug-likeness (QED) is 0.774. The number of ether oxygens (including phenoxy) is 2. The molecule has 6 heteroatoms. The minimum atomic E-state index is 0.0822. The van der Waals surface area contributed by atoms with Gasteiger partial charge in [-0.3, -0.25) is 5.10 Å². The highest BCUT2D eigenvalue weighted by molar-refractivity contribution is 5.64. The second-order valence-corrected chi connectivity index (χ2v) is 4.63. The van der Waals surface area contributed by atoms with Gasteiger partial charge < -0.3 is 14.6 Å². The maximum atomic E-state index is 9.64. The van der Waals surface area contributed by atoms with Gasteiger partial charge in [0.1, 0.15) is 5.75 Å². The molecular formula is C16H15N3O3. The summed E-state index contributed by atoms with van der Waals surface area (Å²) in [5.74, 6) is 2.38. The molecule has 0 atom stereocenters. The summed E-state index contributed by atoms with van der Waals surface area (Å²) in [4.78, 5) is 4.47. The second-order valence-electron chi connectivity index (χ2n) is 4.63. The van der Waals surface area contributed by atoms with E-state index in [2.05, 4.69) is 15.2 Å². The fourth-order valence-electron chi connectivity index (χ4n) is 2.11. The lowest BCUT2D eigenvalue weighted by atomic mass is 10.2. The van der Waals surface area contributed by atoms with Crippen molar-refractivity contribution in [2.45, 2.75) is 0 Å². The molecule has 0 bridgehead atoms. The molecule has 3 aromatic rings. The van der Waals surface area contributed by atoms with Crippen LogP contribution in [0.25, 0.3) is 22.8 Å². The van der Waals surface area contributed by atoms with Crippen LogP contribution in [0, 0.1) is 0 Å². The molecule has 0 radical (unpaired) electrons. The van der Waals surface area contributed by atoms with Crippen LogP contribution in [0.4, 0.5) is 0 Å². The fourth-order valence-corrected chi connectivity index (χ4v) is 2.11. The van der Waals surface area contributed by atoms with Crippen LogP contribution in [0.2, 0.25) is 0 Å². The SMILES string of the molecule is COc1cccc(-c2n[nH]c(-c3ccc(O)c(OC)c3)n2)c1. The highest BCUT2D eigenvalue weighted by Crippen LogP contribution is 2.30. The number of aromatic hydroxyl groups is 1. The first kappa shape index (κ1) is 13.9. The number of aromatic amines is 1. The van der Waals surface area contributed by atoms with E-state index >= 15 is 0 Å². The Bertz CT molecular complexity index is 799. The number of H-pyrrole nitrogens is 1. The van der Waals surface area contributed by atoms with Crippen LogP contribution in [0.3, 0.4) is 0 Å². The summed E-state index contributed by atoms with van der Waals surface area (Å²) < 4.78 is 10.3. The number of phenols is 1. The van der Waals surface area contributed by atoms with Crippen LogP contribution < -0.4 is 9.47 Å². The van der Waals surface area contributed by atoms with Gasteiger partial charge in [-0.2, -0.15) is 5.10 Å². The van der Waals surface area contributed by atoms with E-state index in [0.29, 0.717) is 17.4 Å². The lowest BCUT2D eigenvalue weighted by Gasteiger charge is -2.04. The Morgan fingerprint density at radius 3 is 2.64 bits per heavy atom. The van der Waals surface area contributed by atoms with Crippen molar-refractivity contribution in [2.24, 2.45) is 0 Å². The van der Waals surface area contributed by atoms with Crippen molar-refractivity contribution in [3.63, 3.8) is 0 Å². The Morgan fingerprint density at radius 1 is 1.00 bits per heavy atom. The van der Waals surface area contributed by atoms with Crippen LogP contribution in [-0.4, -0.2) is 34.5 Å². The van der Waals surface area contributed by atoms with E-state index in [-0.39, 0.29) is 5.75 Å². The van der Waals surface area contributed by atoms with Gasteiger partial charge in [-0.05, 0) is 30.3 Å². The fraction of sp³-hybridized carbons (Fsp3) is 0.125. The molecule has 0 aliphatic carbocycles. The molecule has 0 saturated heterocycles. The van der Waals surface area contributed by atoms with E-state index in [9.17, 15) is 5.11 Å². The molecule has 2 N–H and O–H groups in total. The zero-order chi connectivity index (χ0) is 15.5. The normalized spacial score (nSPS) is 10.5. The summed E-state index contributed by atoms with van der Waals surface area (Å²) in [5.41, 5.74) is 1.63. The molecule has 1 heterocycles. The van der Waals surface area contributed by atoms with Crippen molar-refractivity contribution >= 4 is 0 Å². The Labute approximate surface area is 127 Å². The van der Waals surface area contributed by atoms with Crippen molar-refractivity contribution in [3.8, 4) is 40.0 Å². The largest absolute Gasteiger partial charge is 0.504 e. The maximum Gasteiger partial charge on any atom is 0.181 e. The van der Waals surface area contributed by atoms with Crippen molar-refractivity contribution in [1.82, 2.24) is 15.2 Å². The Morgan fingerprint density at radius 2 is 1.86 bits per heavy atom. The molecule has 112 valence electrons. The number of methoxy groups -OCH3 is 2. The molecule has 0 amide bonds. The van der Waals surface area contributed by atoms with Crippen LogP contribution in [0.1, 0.15) is 0 Å². The number of nitrogens with one attached hydrogen (secondary N) is 1. The number of benzene rings is 2. The first-order valence-electron chi connectivity index (χ1n) is 6.65. The monoisotopic (exact) mass is 297 g/mol. The molecule has 0 unspecified atom stereocenters. The average Bonchev–Trinajstić information content (AvgIpc) is 3.05.